The number of hydrogen-bond acceptors (Lipinski definition) is 8. The van der Waals surface area contributed by atoms with Crippen molar-refractivity contribution in [1.82, 2.24) is 13.5 Å². The van der Waals surface area contributed by atoms with Crippen LogP contribution in [0.5, 0.6) is 0 Å². The van der Waals surface area contributed by atoms with E-state index < -0.39 is 25.6 Å². The minimum absolute atomic E-state index is 0.0985. The molecule has 4 fully saturated rings. The second-order valence-corrected chi connectivity index (χ2v) is 20.9. The second-order valence-electron chi connectivity index (χ2n) is 15.9. The fourth-order valence-corrected chi connectivity index (χ4v) is 12.3. The zero-order valence-corrected chi connectivity index (χ0v) is 31.9. The topological polar surface area (TPSA) is 117 Å². The number of benzene rings is 1. The molecule has 2 saturated heterocycles. The smallest absolute Gasteiger partial charge is 0.261 e. The van der Waals surface area contributed by atoms with Crippen molar-refractivity contribution >= 4 is 42.9 Å². The summed E-state index contributed by atoms with van der Waals surface area (Å²) in [6.45, 7) is 2.56. The zero-order chi connectivity index (χ0) is 34.6. The number of aryl methyl sites for hydroxylation is 1. The van der Waals surface area contributed by atoms with E-state index in [4.69, 9.17) is 9.73 Å². The molecule has 1 amide bonds. The van der Waals surface area contributed by atoms with E-state index in [1.165, 1.54) is 42.9 Å². The van der Waals surface area contributed by atoms with Crippen molar-refractivity contribution in [3.05, 3.63) is 34.9 Å². The van der Waals surface area contributed by atoms with E-state index in [0.717, 1.165) is 73.8 Å². The molecule has 49 heavy (non-hydrogen) atoms. The van der Waals surface area contributed by atoms with Gasteiger partial charge in [0, 0.05) is 51.0 Å². The summed E-state index contributed by atoms with van der Waals surface area (Å²) in [6.07, 6.45) is 15.1. The number of ether oxygens (including phenoxy) is 1. The lowest BCUT2D eigenvalue weighted by Crippen LogP contribution is -2.52. The molecule has 2 saturated carbocycles. The van der Waals surface area contributed by atoms with Gasteiger partial charge in [0.2, 0.25) is 20.0 Å². The van der Waals surface area contributed by atoms with Gasteiger partial charge >= 0.3 is 0 Å². The van der Waals surface area contributed by atoms with Crippen LogP contribution < -0.4 is 0 Å². The van der Waals surface area contributed by atoms with Gasteiger partial charge in [0.25, 0.3) is 5.91 Å². The molecule has 13 heteroatoms. The number of amides is 1. The van der Waals surface area contributed by atoms with Crippen molar-refractivity contribution in [1.29, 1.82) is 0 Å². The molecular weight excluding hydrogens is 681 g/mol. The normalized spacial score (nSPS) is 30.8. The minimum atomic E-state index is -3.25. The molecule has 0 bridgehead atoms. The Labute approximate surface area is 297 Å². The van der Waals surface area contributed by atoms with Crippen molar-refractivity contribution in [2.45, 2.75) is 95.1 Å². The summed E-state index contributed by atoms with van der Waals surface area (Å²) in [5.74, 6) is 2.25. The van der Waals surface area contributed by atoms with Crippen molar-refractivity contribution in [2.75, 3.05) is 58.1 Å². The Morgan fingerprint density at radius 2 is 1.47 bits per heavy atom. The number of nitrogens with zero attached hydrogens (tertiary/aromatic N) is 4. The van der Waals surface area contributed by atoms with Gasteiger partial charge in [-0.2, -0.15) is 0 Å². The molecule has 0 N–H and O–H groups in total. The van der Waals surface area contributed by atoms with Crippen LogP contribution in [0.1, 0.15) is 87.3 Å². The fourth-order valence-electron chi connectivity index (χ4n) is 9.35. The quantitative estimate of drug-likeness (QED) is 0.344. The van der Waals surface area contributed by atoms with Crippen LogP contribution >= 0.6 is 11.8 Å². The number of methoxy groups -OCH3 is 1. The SMILES string of the molecule is COC1CCC2(CC1)Cc1ccc(CCC3CC3)cc1C21N=C(SCC2CCN(S(C)(=O)=O)CC2)N(CC2CCN(S(C)(=O)=O)CC2)C1=O. The summed E-state index contributed by atoms with van der Waals surface area (Å²) in [6, 6.07) is 6.89. The van der Waals surface area contributed by atoms with Crippen LogP contribution in [-0.2, 0) is 48.0 Å². The van der Waals surface area contributed by atoms with Crippen LogP contribution in [0.2, 0.25) is 0 Å². The lowest BCUT2D eigenvalue weighted by Gasteiger charge is -2.45. The van der Waals surface area contributed by atoms with E-state index in [2.05, 4.69) is 18.2 Å². The number of thioether (sulfide) groups is 1. The summed E-state index contributed by atoms with van der Waals surface area (Å²) in [5.41, 5.74) is 2.39. The van der Waals surface area contributed by atoms with E-state index in [1.807, 2.05) is 4.90 Å². The highest BCUT2D eigenvalue weighted by Gasteiger charge is 2.67. The molecule has 3 aliphatic heterocycles. The Morgan fingerprint density at radius 3 is 2.04 bits per heavy atom. The first-order valence-corrected chi connectivity index (χ1v) is 23.1. The Hall–Kier alpha value is -1.51. The van der Waals surface area contributed by atoms with Crippen LogP contribution in [0.3, 0.4) is 0 Å². The number of fused-ring (bicyclic) bond motifs is 3. The highest BCUT2D eigenvalue weighted by molar-refractivity contribution is 8.13. The lowest BCUT2D eigenvalue weighted by atomic mass is 9.61. The molecule has 1 aromatic rings. The molecule has 3 aliphatic carbocycles. The molecule has 1 atom stereocenters. The number of hydrogen-bond donors (Lipinski definition) is 0. The zero-order valence-electron chi connectivity index (χ0n) is 29.4. The van der Waals surface area contributed by atoms with Crippen molar-refractivity contribution in [3.63, 3.8) is 0 Å². The third kappa shape index (κ3) is 7.14. The van der Waals surface area contributed by atoms with Gasteiger partial charge in [0.1, 0.15) is 0 Å². The largest absolute Gasteiger partial charge is 0.381 e. The van der Waals surface area contributed by atoms with Gasteiger partial charge in [-0.15, -0.1) is 0 Å². The number of aliphatic imine (C=N–C) groups is 1. The van der Waals surface area contributed by atoms with Crippen molar-refractivity contribution in [2.24, 2.45) is 28.2 Å². The summed E-state index contributed by atoms with van der Waals surface area (Å²) < 4.78 is 57.8. The second kappa shape index (κ2) is 13.8. The number of carbonyl (C=O) groups excluding carboxylic acids is 1. The predicted molar refractivity (Wildman–Crippen MR) is 194 cm³/mol. The number of sulfonamides is 2. The maximum atomic E-state index is 15.4. The molecule has 0 radical (unpaired) electrons. The van der Waals surface area contributed by atoms with Crippen LogP contribution in [0.4, 0.5) is 0 Å². The highest BCUT2D eigenvalue weighted by Crippen LogP contribution is 2.63. The Bertz CT molecular complexity index is 1650. The number of amidine groups is 1. The Morgan fingerprint density at radius 1 is 0.857 bits per heavy atom. The first-order valence-electron chi connectivity index (χ1n) is 18.4. The third-order valence-corrected chi connectivity index (χ3v) is 16.5. The summed E-state index contributed by atoms with van der Waals surface area (Å²) in [4.78, 5) is 23.1. The van der Waals surface area contributed by atoms with Crippen LogP contribution in [0.25, 0.3) is 0 Å². The monoisotopic (exact) mass is 734 g/mol. The standard InChI is InChI=1S/C36H54N4O6S3/c1-46-31-10-16-35(17-11-31)23-30-9-8-27(7-6-26-4-5-26)22-32(30)36(35)33(41)40(24-28-12-18-38(19-13-28)48(2,42)43)34(37-36)47-25-29-14-20-39(21-15-29)49(3,44)45/h8-9,22,26,28-29,31H,4-7,10-21,23-25H2,1-3H3. The van der Waals surface area contributed by atoms with Gasteiger partial charge < -0.3 is 4.74 Å². The average molecular weight is 735 g/mol. The van der Waals surface area contributed by atoms with Gasteiger partial charge in [0.15, 0.2) is 10.7 Å². The maximum absolute atomic E-state index is 15.4. The third-order valence-electron chi connectivity index (χ3n) is 12.6. The van der Waals surface area contributed by atoms with Gasteiger partial charge in [-0.1, -0.05) is 42.8 Å². The maximum Gasteiger partial charge on any atom is 0.261 e. The Kier molecular flexibility index (Phi) is 10.1. The van der Waals surface area contributed by atoms with E-state index in [1.54, 1.807) is 27.5 Å². The van der Waals surface area contributed by atoms with Crippen molar-refractivity contribution < 1.29 is 26.4 Å². The highest BCUT2D eigenvalue weighted by atomic mass is 32.2. The van der Waals surface area contributed by atoms with Crippen LogP contribution in [0, 0.1) is 23.2 Å². The van der Waals surface area contributed by atoms with E-state index >= 15 is 4.79 Å². The predicted octanol–water partition coefficient (Wildman–Crippen LogP) is 4.63. The van der Waals surface area contributed by atoms with Gasteiger partial charge in [0.05, 0.1) is 18.6 Å². The van der Waals surface area contributed by atoms with Gasteiger partial charge in [-0.25, -0.2) is 30.4 Å². The molecule has 0 aromatic heterocycles. The van der Waals surface area contributed by atoms with E-state index in [9.17, 15) is 16.8 Å². The molecule has 7 rings (SSSR count). The number of piperidine rings is 2. The molecule has 272 valence electrons. The van der Waals surface area contributed by atoms with E-state index in [-0.39, 0.29) is 23.3 Å². The molecule has 3 heterocycles. The molecule has 1 unspecified atom stereocenters. The molecule has 10 nitrogen and oxygen atoms in total. The van der Waals surface area contributed by atoms with E-state index in [0.29, 0.717) is 51.5 Å². The summed E-state index contributed by atoms with van der Waals surface area (Å²) in [5, 5.41) is 0.797. The summed E-state index contributed by atoms with van der Waals surface area (Å²) >= 11 is 1.68. The van der Waals surface area contributed by atoms with Crippen LogP contribution in [-0.4, -0.2) is 106 Å². The molecular formula is C36H54N4O6S3. The van der Waals surface area contributed by atoms with Crippen molar-refractivity contribution in [3.8, 4) is 0 Å². The van der Waals surface area contributed by atoms with Gasteiger partial charge in [-0.3, -0.25) is 9.69 Å². The number of rotatable bonds is 10. The molecule has 1 aromatic carbocycles. The van der Waals surface area contributed by atoms with Crippen LogP contribution in [0.15, 0.2) is 23.2 Å². The molecule has 2 spiro atoms. The van der Waals surface area contributed by atoms with Gasteiger partial charge in [-0.05, 0) is 105 Å². The lowest BCUT2D eigenvalue weighted by molar-refractivity contribution is -0.138. The summed E-state index contributed by atoms with van der Waals surface area (Å²) in [7, 11) is -4.66. The number of carbonyl (C=O) groups is 1. The minimum Gasteiger partial charge on any atom is -0.381 e. The molecule has 6 aliphatic rings. The Balaban J connectivity index is 1.21. The fraction of sp³-hybridized carbons (Fsp3) is 0.778. The first kappa shape index (κ1) is 35.9. The first-order chi connectivity index (χ1) is 23.3. The average Bonchev–Trinajstić information content (AvgIpc) is 3.82.